The summed E-state index contributed by atoms with van der Waals surface area (Å²) in [4.78, 5) is 2.50. The van der Waals surface area contributed by atoms with Gasteiger partial charge in [-0.05, 0) is 32.4 Å². The fourth-order valence-corrected chi connectivity index (χ4v) is 2.11. The van der Waals surface area contributed by atoms with Crippen LogP contribution in [0.4, 0.5) is 0 Å². The Labute approximate surface area is 81.2 Å². The van der Waals surface area contributed by atoms with E-state index in [4.69, 9.17) is 5.11 Å². The van der Waals surface area contributed by atoms with Gasteiger partial charge in [-0.1, -0.05) is 25.5 Å². The van der Waals surface area contributed by atoms with Crippen LogP contribution in [-0.2, 0) is 0 Å². The van der Waals surface area contributed by atoms with Gasteiger partial charge in [0.15, 0.2) is 0 Å². The smallest absolute Gasteiger partial charge is 0.0639 e. The van der Waals surface area contributed by atoms with Gasteiger partial charge in [0.1, 0.15) is 0 Å². The predicted octanol–water partition coefficient (Wildman–Crippen LogP) is 1.80. The van der Waals surface area contributed by atoms with Crippen LogP contribution in [0.1, 0.15) is 32.6 Å². The van der Waals surface area contributed by atoms with Crippen molar-refractivity contribution in [2.45, 2.75) is 38.6 Å². The maximum atomic E-state index is 8.91. The van der Waals surface area contributed by atoms with E-state index in [1.165, 1.54) is 25.8 Å². The Morgan fingerprint density at radius 2 is 2.31 bits per heavy atom. The SMILES string of the molecule is C=C(CO)CC1CCCCN1CC. The summed E-state index contributed by atoms with van der Waals surface area (Å²) in [7, 11) is 0. The molecule has 0 saturated carbocycles. The molecular formula is C11H21NO. The van der Waals surface area contributed by atoms with Crippen molar-refractivity contribution >= 4 is 0 Å². The maximum absolute atomic E-state index is 8.91. The average molecular weight is 183 g/mol. The molecule has 1 rings (SSSR count). The predicted molar refractivity (Wildman–Crippen MR) is 55.7 cm³/mol. The summed E-state index contributed by atoms with van der Waals surface area (Å²) >= 11 is 0. The van der Waals surface area contributed by atoms with E-state index in [2.05, 4.69) is 18.4 Å². The Morgan fingerprint density at radius 3 is 2.92 bits per heavy atom. The molecule has 0 radical (unpaired) electrons. The van der Waals surface area contributed by atoms with Gasteiger partial charge in [-0.2, -0.15) is 0 Å². The molecule has 2 heteroatoms. The molecule has 1 fully saturated rings. The molecule has 0 amide bonds. The molecule has 1 N–H and O–H groups in total. The molecule has 76 valence electrons. The quantitative estimate of drug-likeness (QED) is 0.672. The number of aliphatic hydroxyl groups excluding tert-OH is 1. The first-order valence-electron chi connectivity index (χ1n) is 5.29. The van der Waals surface area contributed by atoms with Crippen LogP contribution >= 0.6 is 0 Å². The molecule has 0 aliphatic carbocycles. The lowest BCUT2D eigenvalue weighted by Crippen LogP contribution is -2.39. The maximum Gasteiger partial charge on any atom is 0.0639 e. The minimum absolute atomic E-state index is 0.147. The molecule has 1 aliphatic heterocycles. The fraction of sp³-hybridized carbons (Fsp3) is 0.818. The molecule has 1 aliphatic rings. The van der Waals surface area contributed by atoms with E-state index in [0.717, 1.165) is 18.5 Å². The second-order valence-electron chi connectivity index (χ2n) is 3.89. The van der Waals surface area contributed by atoms with E-state index in [9.17, 15) is 0 Å². The van der Waals surface area contributed by atoms with E-state index in [1.807, 2.05) is 0 Å². The highest BCUT2D eigenvalue weighted by molar-refractivity contribution is 4.98. The van der Waals surface area contributed by atoms with Crippen LogP contribution in [0.5, 0.6) is 0 Å². The third-order valence-electron chi connectivity index (χ3n) is 2.90. The summed E-state index contributed by atoms with van der Waals surface area (Å²) in [5, 5.41) is 8.91. The van der Waals surface area contributed by atoms with Crippen molar-refractivity contribution in [1.29, 1.82) is 0 Å². The standard InChI is InChI=1S/C11H21NO/c1-3-12-7-5-4-6-11(12)8-10(2)9-13/h11,13H,2-9H2,1H3. The van der Waals surface area contributed by atoms with Crippen molar-refractivity contribution in [3.05, 3.63) is 12.2 Å². The normalized spacial score (nSPS) is 24.6. The van der Waals surface area contributed by atoms with Gasteiger partial charge >= 0.3 is 0 Å². The first kappa shape index (κ1) is 10.7. The van der Waals surface area contributed by atoms with Crippen LogP contribution in [-0.4, -0.2) is 35.7 Å². The summed E-state index contributed by atoms with van der Waals surface area (Å²) < 4.78 is 0. The average Bonchev–Trinajstić information content (AvgIpc) is 2.18. The Bertz CT molecular complexity index is 167. The lowest BCUT2D eigenvalue weighted by molar-refractivity contribution is 0.152. The van der Waals surface area contributed by atoms with Crippen LogP contribution in [0.2, 0.25) is 0 Å². The van der Waals surface area contributed by atoms with Gasteiger partial charge in [0.2, 0.25) is 0 Å². The van der Waals surface area contributed by atoms with E-state index in [-0.39, 0.29) is 6.61 Å². The first-order valence-corrected chi connectivity index (χ1v) is 5.29. The van der Waals surface area contributed by atoms with Crippen molar-refractivity contribution in [3.8, 4) is 0 Å². The van der Waals surface area contributed by atoms with Gasteiger partial charge in [0.25, 0.3) is 0 Å². The third-order valence-corrected chi connectivity index (χ3v) is 2.90. The van der Waals surface area contributed by atoms with Gasteiger partial charge in [0.05, 0.1) is 6.61 Å². The van der Waals surface area contributed by atoms with Crippen LogP contribution in [0.15, 0.2) is 12.2 Å². The van der Waals surface area contributed by atoms with Gasteiger partial charge in [-0.3, -0.25) is 0 Å². The Kier molecular flexibility index (Phi) is 4.46. The van der Waals surface area contributed by atoms with Crippen LogP contribution in [0.25, 0.3) is 0 Å². The zero-order valence-electron chi connectivity index (χ0n) is 8.63. The lowest BCUT2D eigenvalue weighted by Gasteiger charge is -2.35. The number of aliphatic hydroxyl groups is 1. The second-order valence-corrected chi connectivity index (χ2v) is 3.89. The summed E-state index contributed by atoms with van der Waals surface area (Å²) in [5.41, 5.74) is 0.977. The summed E-state index contributed by atoms with van der Waals surface area (Å²) in [6.07, 6.45) is 4.91. The molecule has 13 heavy (non-hydrogen) atoms. The molecule has 1 unspecified atom stereocenters. The monoisotopic (exact) mass is 183 g/mol. The molecule has 1 heterocycles. The second kappa shape index (κ2) is 5.40. The van der Waals surface area contributed by atoms with Crippen LogP contribution in [0, 0.1) is 0 Å². The molecule has 0 spiro atoms. The molecule has 2 nitrogen and oxygen atoms in total. The van der Waals surface area contributed by atoms with Gasteiger partial charge in [0, 0.05) is 6.04 Å². The Hall–Kier alpha value is -0.340. The zero-order valence-corrected chi connectivity index (χ0v) is 8.63. The summed E-state index contributed by atoms with van der Waals surface area (Å²) in [6.45, 7) is 8.57. The largest absolute Gasteiger partial charge is 0.392 e. The molecule has 0 aromatic heterocycles. The Balaban J connectivity index is 2.40. The third kappa shape index (κ3) is 3.12. The molecular weight excluding hydrogens is 162 g/mol. The summed E-state index contributed by atoms with van der Waals surface area (Å²) in [6, 6.07) is 0.637. The van der Waals surface area contributed by atoms with Crippen molar-refractivity contribution in [1.82, 2.24) is 4.90 Å². The van der Waals surface area contributed by atoms with Gasteiger partial charge in [-0.15, -0.1) is 0 Å². The zero-order chi connectivity index (χ0) is 9.68. The first-order chi connectivity index (χ1) is 6.27. The number of hydrogen-bond donors (Lipinski definition) is 1. The van der Waals surface area contributed by atoms with Gasteiger partial charge in [-0.25, -0.2) is 0 Å². The number of likely N-dealkylation sites (tertiary alicyclic amines) is 1. The van der Waals surface area contributed by atoms with E-state index in [1.54, 1.807) is 0 Å². The van der Waals surface area contributed by atoms with Crippen molar-refractivity contribution in [2.75, 3.05) is 19.7 Å². The highest BCUT2D eigenvalue weighted by Crippen LogP contribution is 2.21. The molecule has 1 atom stereocenters. The van der Waals surface area contributed by atoms with Crippen LogP contribution < -0.4 is 0 Å². The molecule has 0 bridgehead atoms. The van der Waals surface area contributed by atoms with Crippen molar-refractivity contribution in [3.63, 3.8) is 0 Å². The number of hydrogen-bond acceptors (Lipinski definition) is 2. The number of piperidine rings is 1. The summed E-state index contributed by atoms with van der Waals surface area (Å²) in [5.74, 6) is 0. The molecule has 0 aromatic rings. The number of rotatable bonds is 4. The van der Waals surface area contributed by atoms with Crippen LogP contribution in [0.3, 0.4) is 0 Å². The highest BCUT2D eigenvalue weighted by Gasteiger charge is 2.20. The fourth-order valence-electron chi connectivity index (χ4n) is 2.11. The highest BCUT2D eigenvalue weighted by atomic mass is 16.3. The van der Waals surface area contributed by atoms with E-state index < -0.39 is 0 Å². The topological polar surface area (TPSA) is 23.5 Å². The molecule has 1 saturated heterocycles. The lowest BCUT2D eigenvalue weighted by atomic mass is 9.96. The van der Waals surface area contributed by atoms with Crippen molar-refractivity contribution < 1.29 is 5.11 Å². The van der Waals surface area contributed by atoms with E-state index >= 15 is 0 Å². The van der Waals surface area contributed by atoms with Gasteiger partial charge < -0.3 is 10.0 Å². The Morgan fingerprint density at radius 1 is 1.54 bits per heavy atom. The van der Waals surface area contributed by atoms with Crippen molar-refractivity contribution in [2.24, 2.45) is 0 Å². The minimum atomic E-state index is 0.147. The van der Waals surface area contributed by atoms with E-state index in [0.29, 0.717) is 6.04 Å². The molecule has 0 aromatic carbocycles. The minimum Gasteiger partial charge on any atom is -0.392 e. The number of nitrogens with zero attached hydrogens (tertiary/aromatic N) is 1.